The molecule has 4 heteroatoms. The van der Waals surface area contributed by atoms with Gasteiger partial charge in [0.1, 0.15) is 0 Å². The van der Waals surface area contributed by atoms with Gasteiger partial charge in [0.15, 0.2) is 0 Å². The average molecular weight is 225 g/mol. The van der Waals surface area contributed by atoms with Crippen LogP contribution in [-0.2, 0) is 4.79 Å². The fourth-order valence-electron chi connectivity index (χ4n) is 2.22. The molecular weight excluding hydrogens is 202 g/mol. The molecule has 2 N–H and O–H groups in total. The van der Waals surface area contributed by atoms with E-state index in [4.69, 9.17) is 0 Å². The minimum absolute atomic E-state index is 0.204. The lowest BCUT2D eigenvalue weighted by Gasteiger charge is -2.31. The van der Waals surface area contributed by atoms with Gasteiger partial charge in [-0.3, -0.25) is 9.69 Å². The molecule has 4 nitrogen and oxygen atoms in total. The molecule has 1 heterocycles. The van der Waals surface area contributed by atoms with Gasteiger partial charge in [-0.05, 0) is 38.6 Å². The first kappa shape index (κ1) is 11.9. The Balaban J connectivity index is 1.59. The molecular formula is C12H23N3O. The summed E-state index contributed by atoms with van der Waals surface area (Å²) >= 11 is 0. The lowest BCUT2D eigenvalue weighted by atomic mass is 10.1. The number of nitrogens with one attached hydrogen (secondary N) is 2. The van der Waals surface area contributed by atoms with E-state index in [0.717, 1.165) is 38.4 Å². The summed E-state index contributed by atoms with van der Waals surface area (Å²) < 4.78 is 0. The van der Waals surface area contributed by atoms with Crippen LogP contribution in [0.5, 0.6) is 0 Å². The third-order valence-electron chi connectivity index (χ3n) is 3.65. The summed E-state index contributed by atoms with van der Waals surface area (Å²) in [4.78, 5) is 13.9. The number of carbonyl (C=O) groups excluding carboxylic acids is 1. The van der Waals surface area contributed by atoms with Crippen molar-refractivity contribution >= 4 is 5.91 Å². The van der Waals surface area contributed by atoms with Crippen molar-refractivity contribution in [2.45, 2.75) is 31.7 Å². The van der Waals surface area contributed by atoms with Crippen molar-refractivity contribution in [3.8, 4) is 0 Å². The zero-order valence-corrected chi connectivity index (χ0v) is 10.2. The maximum atomic E-state index is 11.6. The van der Waals surface area contributed by atoms with Crippen molar-refractivity contribution < 1.29 is 4.79 Å². The molecule has 0 aromatic carbocycles. The van der Waals surface area contributed by atoms with Gasteiger partial charge in [-0.1, -0.05) is 0 Å². The highest BCUT2D eigenvalue weighted by molar-refractivity contribution is 5.78. The van der Waals surface area contributed by atoms with Crippen molar-refractivity contribution in [3.05, 3.63) is 0 Å². The molecule has 1 saturated heterocycles. The number of nitrogens with zero attached hydrogens (tertiary/aromatic N) is 1. The first-order valence-corrected chi connectivity index (χ1v) is 6.44. The van der Waals surface area contributed by atoms with E-state index in [-0.39, 0.29) is 5.91 Å². The largest absolute Gasteiger partial charge is 0.355 e. The van der Waals surface area contributed by atoms with Gasteiger partial charge in [-0.2, -0.15) is 0 Å². The number of likely N-dealkylation sites (tertiary alicyclic amines) is 1. The third-order valence-corrected chi connectivity index (χ3v) is 3.65. The Bertz CT molecular complexity index is 232. The summed E-state index contributed by atoms with van der Waals surface area (Å²) in [6, 6.07) is 0.644. The first-order chi connectivity index (χ1) is 7.78. The molecule has 92 valence electrons. The lowest BCUT2D eigenvalue weighted by molar-refractivity contribution is -0.122. The molecule has 2 rings (SSSR count). The minimum Gasteiger partial charge on any atom is -0.355 e. The SMILES string of the molecule is CNC1CCN(CC(=O)NCC2CC2)CC1. The van der Waals surface area contributed by atoms with Gasteiger partial charge in [0.05, 0.1) is 6.54 Å². The number of amides is 1. The molecule has 0 spiro atoms. The molecule has 2 aliphatic rings. The number of rotatable bonds is 5. The molecule has 0 bridgehead atoms. The third kappa shape index (κ3) is 3.76. The Hall–Kier alpha value is -0.610. The van der Waals surface area contributed by atoms with Crippen LogP contribution in [0, 0.1) is 5.92 Å². The summed E-state index contributed by atoms with van der Waals surface area (Å²) in [6.45, 7) is 3.57. The van der Waals surface area contributed by atoms with E-state index in [1.807, 2.05) is 7.05 Å². The average Bonchev–Trinajstić information content (AvgIpc) is 3.11. The second-order valence-corrected chi connectivity index (χ2v) is 5.09. The summed E-state index contributed by atoms with van der Waals surface area (Å²) in [5, 5.41) is 6.32. The highest BCUT2D eigenvalue weighted by Gasteiger charge is 2.23. The second-order valence-electron chi connectivity index (χ2n) is 5.09. The second kappa shape index (κ2) is 5.64. The summed E-state index contributed by atoms with van der Waals surface area (Å²) in [7, 11) is 2.02. The Kier molecular flexibility index (Phi) is 4.18. The van der Waals surface area contributed by atoms with Gasteiger partial charge in [0.2, 0.25) is 5.91 Å². The van der Waals surface area contributed by atoms with Gasteiger partial charge in [0, 0.05) is 25.7 Å². The van der Waals surface area contributed by atoms with Crippen molar-refractivity contribution in [2.24, 2.45) is 5.92 Å². The van der Waals surface area contributed by atoms with E-state index in [9.17, 15) is 4.79 Å². The predicted molar refractivity (Wildman–Crippen MR) is 64.3 cm³/mol. The van der Waals surface area contributed by atoms with Crippen molar-refractivity contribution in [3.63, 3.8) is 0 Å². The molecule has 1 saturated carbocycles. The zero-order chi connectivity index (χ0) is 11.4. The molecule has 16 heavy (non-hydrogen) atoms. The maximum Gasteiger partial charge on any atom is 0.234 e. The van der Waals surface area contributed by atoms with Crippen molar-refractivity contribution in [1.82, 2.24) is 15.5 Å². The van der Waals surface area contributed by atoms with Crippen LogP contribution >= 0.6 is 0 Å². The van der Waals surface area contributed by atoms with Crippen LogP contribution in [0.2, 0.25) is 0 Å². The quantitative estimate of drug-likeness (QED) is 0.702. The standard InChI is InChI=1S/C12H23N3O/c1-13-11-4-6-15(7-5-11)9-12(16)14-8-10-2-3-10/h10-11,13H,2-9H2,1H3,(H,14,16). The van der Waals surface area contributed by atoms with Crippen LogP contribution in [0.1, 0.15) is 25.7 Å². The monoisotopic (exact) mass is 225 g/mol. The van der Waals surface area contributed by atoms with Crippen molar-refractivity contribution in [1.29, 1.82) is 0 Å². The summed E-state index contributed by atoms with van der Waals surface area (Å²) in [5.74, 6) is 0.980. The van der Waals surface area contributed by atoms with E-state index in [1.54, 1.807) is 0 Å². The van der Waals surface area contributed by atoms with E-state index in [2.05, 4.69) is 15.5 Å². The Morgan fingerprint density at radius 1 is 1.25 bits per heavy atom. The smallest absolute Gasteiger partial charge is 0.234 e. The maximum absolute atomic E-state index is 11.6. The first-order valence-electron chi connectivity index (χ1n) is 6.44. The van der Waals surface area contributed by atoms with Crippen molar-refractivity contribution in [2.75, 3.05) is 33.2 Å². The topological polar surface area (TPSA) is 44.4 Å². The Morgan fingerprint density at radius 3 is 2.50 bits per heavy atom. The highest BCUT2D eigenvalue weighted by Crippen LogP contribution is 2.27. The highest BCUT2D eigenvalue weighted by atomic mass is 16.2. The van der Waals surface area contributed by atoms with E-state index >= 15 is 0 Å². The van der Waals surface area contributed by atoms with Crippen LogP contribution in [0.4, 0.5) is 0 Å². The summed E-state index contributed by atoms with van der Waals surface area (Å²) in [5.41, 5.74) is 0. The molecule has 0 radical (unpaired) electrons. The Morgan fingerprint density at radius 2 is 1.94 bits per heavy atom. The lowest BCUT2D eigenvalue weighted by Crippen LogP contribution is -2.45. The van der Waals surface area contributed by atoms with Gasteiger partial charge in [0.25, 0.3) is 0 Å². The normalized spacial score (nSPS) is 23.3. The van der Waals surface area contributed by atoms with Crippen LogP contribution in [0.15, 0.2) is 0 Å². The molecule has 0 aromatic heterocycles. The van der Waals surface area contributed by atoms with Crippen LogP contribution in [0.25, 0.3) is 0 Å². The van der Waals surface area contributed by atoms with Crippen LogP contribution < -0.4 is 10.6 Å². The minimum atomic E-state index is 0.204. The van der Waals surface area contributed by atoms with Crippen LogP contribution in [0.3, 0.4) is 0 Å². The molecule has 0 aromatic rings. The number of carbonyl (C=O) groups is 1. The van der Waals surface area contributed by atoms with Gasteiger partial charge in [-0.15, -0.1) is 0 Å². The Labute approximate surface area is 97.8 Å². The summed E-state index contributed by atoms with van der Waals surface area (Å²) in [6.07, 6.45) is 4.92. The molecule has 2 fully saturated rings. The predicted octanol–water partition coefficient (Wildman–Crippen LogP) is 0.196. The van der Waals surface area contributed by atoms with E-state index in [1.165, 1.54) is 12.8 Å². The molecule has 1 amide bonds. The van der Waals surface area contributed by atoms with Crippen LogP contribution in [-0.4, -0.2) is 50.1 Å². The molecule has 0 unspecified atom stereocenters. The van der Waals surface area contributed by atoms with E-state index < -0.39 is 0 Å². The van der Waals surface area contributed by atoms with E-state index in [0.29, 0.717) is 12.6 Å². The van der Waals surface area contributed by atoms with Gasteiger partial charge >= 0.3 is 0 Å². The van der Waals surface area contributed by atoms with Gasteiger partial charge in [-0.25, -0.2) is 0 Å². The van der Waals surface area contributed by atoms with Gasteiger partial charge < -0.3 is 10.6 Å². The number of hydrogen-bond acceptors (Lipinski definition) is 3. The number of hydrogen-bond donors (Lipinski definition) is 2. The molecule has 1 aliphatic carbocycles. The molecule has 0 atom stereocenters. The number of piperidine rings is 1. The zero-order valence-electron chi connectivity index (χ0n) is 10.2. The fraction of sp³-hybridized carbons (Fsp3) is 0.917. The fourth-order valence-corrected chi connectivity index (χ4v) is 2.22. The molecule has 1 aliphatic heterocycles.